The van der Waals surface area contributed by atoms with Gasteiger partial charge in [0.15, 0.2) is 11.5 Å². The van der Waals surface area contributed by atoms with Crippen LogP contribution in [0.3, 0.4) is 0 Å². The first-order chi connectivity index (χ1) is 13.7. The summed E-state index contributed by atoms with van der Waals surface area (Å²) in [6, 6.07) is 11.4. The smallest absolute Gasteiger partial charge is 0.262 e. The van der Waals surface area contributed by atoms with Gasteiger partial charge in [-0.05, 0) is 24.1 Å². The third kappa shape index (κ3) is 2.93. The number of aryl methyl sites for hydroxylation is 1. The molecule has 4 aromatic rings. The van der Waals surface area contributed by atoms with Crippen molar-refractivity contribution < 1.29 is 9.47 Å². The van der Waals surface area contributed by atoms with Crippen molar-refractivity contribution in [2.45, 2.75) is 13.0 Å². The SMILES string of the molecule is COc1cc2nc(NN)n(CCc3c[nH]c4ccccc34)c(=O)c2cc1OC. The molecule has 0 unspecified atom stereocenters. The van der Waals surface area contributed by atoms with Crippen molar-refractivity contribution in [1.82, 2.24) is 14.5 Å². The Balaban J connectivity index is 1.77. The second-order valence-corrected chi connectivity index (χ2v) is 6.37. The Morgan fingerprint density at radius 3 is 2.64 bits per heavy atom. The third-order valence-corrected chi connectivity index (χ3v) is 4.87. The highest BCUT2D eigenvalue weighted by Gasteiger charge is 2.15. The van der Waals surface area contributed by atoms with Gasteiger partial charge in [-0.3, -0.25) is 14.8 Å². The second-order valence-electron chi connectivity index (χ2n) is 6.37. The van der Waals surface area contributed by atoms with Crippen molar-refractivity contribution in [3.63, 3.8) is 0 Å². The van der Waals surface area contributed by atoms with Crippen LogP contribution in [0.1, 0.15) is 5.56 Å². The summed E-state index contributed by atoms with van der Waals surface area (Å²) in [6.07, 6.45) is 2.62. The topological polar surface area (TPSA) is 107 Å². The summed E-state index contributed by atoms with van der Waals surface area (Å²) in [5, 5.41) is 1.58. The van der Waals surface area contributed by atoms with Gasteiger partial charge in [0.25, 0.3) is 5.56 Å². The molecule has 0 aliphatic rings. The molecule has 0 saturated heterocycles. The van der Waals surface area contributed by atoms with Crippen LogP contribution in [0.5, 0.6) is 11.5 Å². The number of hydrazine groups is 1. The van der Waals surface area contributed by atoms with Crippen LogP contribution in [0.2, 0.25) is 0 Å². The van der Waals surface area contributed by atoms with E-state index in [1.807, 2.05) is 24.4 Å². The van der Waals surface area contributed by atoms with E-state index in [4.69, 9.17) is 15.3 Å². The maximum atomic E-state index is 13.1. The Morgan fingerprint density at radius 2 is 1.89 bits per heavy atom. The number of nitrogens with zero attached hydrogens (tertiary/aromatic N) is 2. The summed E-state index contributed by atoms with van der Waals surface area (Å²) in [6.45, 7) is 0.428. The van der Waals surface area contributed by atoms with E-state index >= 15 is 0 Å². The predicted molar refractivity (Wildman–Crippen MR) is 109 cm³/mol. The van der Waals surface area contributed by atoms with E-state index < -0.39 is 0 Å². The number of nitrogen functional groups attached to an aromatic ring is 1. The molecule has 0 aliphatic carbocycles. The number of hydrogen-bond donors (Lipinski definition) is 3. The van der Waals surface area contributed by atoms with Crippen LogP contribution in [0.25, 0.3) is 21.8 Å². The van der Waals surface area contributed by atoms with E-state index in [9.17, 15) is 4.79 Å². The molecule has 0 atom stereocenters. The molecule has 2 heterocycles. The first kappa shape index (κ1) is 17.9. The molecular weight excluding hydrogens is 358 g/mol. The van der Waals surface area contributed by atoms with Gasteiger partial charge in [-0.15, -0.1) is 0 Å². The van der Waals surface area contributed by atoms with Crippen LogP contribution in [-0.2, 0) is 13.0 Å². The Labute approximate surface area is 160 Å². The van der Waals surface area contributed by atoms with Gasteiger partial charge in [0.05, 0.1) is 25.1 Å². The molecule has 4 rings (SSSR count). The van der Waals surface area contributed by atoms with Gasteiger partial charge in [0.2, 0.25) is 5.95 Å². The summed E-state index contributed by atoms with van der Waals surface area (Å²) in [5.41, 5.74) is 5.01. The largest absolute Gasteiger partial charge is 0.493 e. The number of ether oxygens (including phenoxy) is 2. The van der Waals surface area contributed by atoms with Crippen LogP contribution in [-0.4, -0.2) is 28.8 Å². The molecule has 0 bridgehead atoms. The van der Waals surface area contributed by atoms with Crippen LogP contribution in [0.15, 0.2) is 47.4 Å². The average Bonchev–Trinajstić information content (AvgIpc) is 3.15. The first-order valence-corrected chi connectivity index (χ1v) is 8.84. The molecule has 0 fully saturated rings. The Kier molecular flexibility index (Phi) is 4.62. The Morgan fingerprint density at radius 1 is 1.14 bits per heavy atom. The number of aromatic amines is 1. The van der Waals surface area contributed by atoms with Crippen molar-refractivity contribution in [3.8, 4) is 11.5 Å². The van der Waals surface area contributed by atoms with E-state index in [1.54, 1.807) is 12.1 Å². The first-order valence-electron chi connectivity index (χ1n) is 8.84. The minimum absolute atomic E-state index is 0.196. The summed E-state index contributed by atoms with van der Waals surface area (Å²) < 4.78 is 12.2. The fourth-order valence-electron chi connectivity index (χ4n) is 3.44. The fourth-order valence-corrected chi connectivity index (χ4v) is 3.44. The molecule has 144 valence electrons. The van der Waals surface area contributed by atoms with E-state index in [2.05, 4.69) is 21.5 Å². The van der Waals surface area contributed by atoms with Gasteiger partial charge in [0.1, 0.15) is 0 Å². The van der Waals surface area contributed by atoms with Crippen molar-refractivity contribution in [3.05, 3.63) is 58.5 Å². The number of rotatable bonds is 6. The van der Waals surface area contributed by atoms with Crippen LogP contribution in [0, 0.1) is 0 Å². The molecule has 2 aromatic heterocycles. The van der Waals surface area contributed by atoms with Crippen molar-refractivity contribution in [2.24, 2.45) is 5.84 Å². The standard InChI is InChI=1S/C20H21N5O3/c1-27-17-9-14-16(10-18(17)28-2)23-20(24-21)25(19(14)26)8-7-12-11-22-15-6-4-3-5-13(12)15/h3-6,9-11,22H,7-8,21H2,1-2H3,(H,23,24). The number of hydrogen-bond acceptors (Lipinski definition) is 6. The quantitative estimate of drug-likeness (QED) is 0.351. The molecule has 0 spiro atoms. The normalized spacial score (nSPS) is 11.1. The summed E-state index contributed by atoms with van der Waals surface area (Å²) in [5.74, 6) is 6.92. The van der Waals surface area contributed by atoms with Crippen molar-refractivity contribution in [2.75, 3.05) is 19.6 Å². The van der Waals surface area contributed by atoms with Crippen molar-refractivity contribution in [1.29, 1.82) is 0 Å². The molecule has 0 radical (unpaired) electrons. The minimum Gasteiger partial charge on any atom is -0.493 e. The lowest BCUT2D eigenvalue weighted by molar-refractivity contribution is 0.355. The van der Waals surface area contributed by atoms with Crippen LogP contribution >= 0.6 is 0 Å². The van der Waals surface area contributed by atoms with Gasteiger partial charge in [0, 0.05) is 29.7 Å². The van der Waals surface area contributed by atoms with Crippen molar-refractivity contribution >= 4 is 27.8 Å². The number of para-hydroxylation sites is 1. The lowest BCUT2D eigenvalue weighted by Crippen LogP contribution is -2.28. The lowest BCUT2D eigenvalue weighted by Gasteiger charge is -2.14. The summed E-state index contributed by atoms with van der Waals surface area (Å²) in [4.78, 5) is 20.9. The number of nitrogens with two attached hydrogens (primary N) is 1. The molecule has 28 heavy (non-hydrogen) atoms. The molecule has 0 amide bonds. The van der Waals surface area contributed by atoms with E-state index in [1.165, 1.54) is 18.8 Å². The fraction of sp³-hybridized carbons (Fsp3) is 0.200. The Bertz CT molecular complexity index is 1210. The van der Waals surface area contributed by atoms with Gasteiger partial charge in [-0.25, -0.2) is 10.8 Å². The van der Waals surface area contributed by atoms with Crippen LogP contribution < -0.4 is 26.3 Å². The molecular formula is C20H21N5O3. The zero-order chi connectivity index (χ0) is 19.7. The number of benzene rings is 2. The maximum Gasteiger partial charge on any atom is 0.262 e. The highest BCUT2D eigenvalue weighted by Crippen LogP contribution is 2.30. The van der Waals surface area contributed by atoms with Gasteiger partial charge in [-0.1, -0.05) is 18.2 Å². The maximum absolute atomic E-state index is 13.1. The number of fused-ring (bicyclic) bond motifs is 2. The highest BCUT2D eigenvalue weighted by atomic mass is 16.5. The summed E-state index contributed by atoms with van der Waals surface area (Å²) in [7, 11) is 3.07. The molecule has 0 aliphatic heterocycles. The zero-order valence-electron chi connectivity index (χ0n) is 15.7. The monoisotopic (exact) mass is 379 g/mol. The number of aromatic nitrogens is 3. The average molecular weight is 379 g/mol. The Hall–Kier alpha value is -3.52. The van der Waals surface area contributed by atoms with E-state index in [0.29, 0.717) is 41.3 Å². The minimum atomic E-state index is -0.196. The van der Waals surface area contributed by atoms with Gasteiger partial charge in [-0.2, -0.15) is 0 Å². The van der Waals surface area contributed by atoms with E-state index in [0.717, 1.165) is 16.5 Å². The van der Waals surface area contributed by atoms with E-state index in [-0.39, 0.29) is 5.56 Å². The summed E-state index contributed by atoms with van der Waals surface area (Å²) >= 11 is 0. The number of nitrogens with one attached hydrogen (secondary N) is 2. The lowest BCUT2D eigenvalue weighted by atomic mass is 10.1. The molecule has 8 nitrogen and oxygen atoms in total. The highest BCUT2D eigenvalue weighted by molar-refractivity contribution is 5.84. The third-order valence-electron chi connectivity index (χ3n) is 4.87. The predicted octanol–water partition coefficient (Wildman–Crippen LogP) is 2.42. The van der Waals surface area contributed by atoms with Gasteiger partial charge >= 0.3 is 0 Å². The number of anilines is 1. The molecule has 0 saturated carbocycles. The molecule has 4 N–H and O–H groups in total. The zero-order valence-corrected chi connectivity index (χ0v) is 15.7. The molecule has 8 heteroatoms. The second kappa shape index (κ2) is 7.24. The van der Waals surface area contributed by atoms with Gasteiger partial charge < -0.3 is 14.5 Å². The number of methoxy groups -OCH3 is 2. The molecule has 2 aromatic carbocycles. The van der Waals surface area contributed by atoms with Crippen LogP contribution in [0.4, 0.5) is 5.95 Å². The number of H-pyrrole nitrogens is 1.